The monoisotopic (exact) mass is 454 g/mol. The summed E-state index contributed by atoms with van der Waals surface area (Å²) >= 11 is 0. The Hall–Kier alpha value is -3.76. The van der Waals surface area contributed by atoms with Gasteiger partial charge < -0.3 is 10.8 Å². The molecule has 0 atom stereocenters. The van der Waals surface area contributed by atoms with Crippen LogP contribution in [0, 0.1) is 0 Å². The molecule has 0 aliphatic rings. The van der Waals surface area contributed by atoms with Crippen LogP contribution in [0.15, 0.2) is 21.9 Å². The number of nitrogens with zero attached hydrogens (tertiary/aromatic N) is 6. The van der Waals surface area contributed by atoms with E-state index in [1.165, 1.54) is 10.9 Å². The maximum absolute atomic E-state index is 12.7. The maximum Gasteiger partial charge on any atom is 0.293 e. The van der Waals surface area contributed by atoms with Gasteiger partial charge in [0.25, 0.3) is 5.91 Å². The minimum absolute atomic E-state index is 0.0382. The first kappa shape index (κ1) is 23.9. The van der Waals surface area contributed by atoms with E-state index in [9.17, 15) is 9.90 Å². The first-order valence-corrected chi connectivity index (χ1v) is 10.6. The van der Waals surface area contributed by atoms with Crippen LogP contribution in [0.5, 0.6) is 5.75 Å². The highest BCUT2D eigenvalue weighted by Crippen LogP contribution is 2.39. The van der Waals surface area contributed by atoms with Gasteiger partial charge >= 0.3 is 0 Å². The largest absolute Gasteiger partial charge is 0.507 e. The van der Waals surface area contributed by atoms with E-state index in [1.54, 1.807) is 0 Å². The predicted molar refractivity (Wildman–Crippen MR) is 124 cm³/mol. The lowest BCUT2D eigenvalue weighted by molar-refractivity contribution is 0.0949. The second-order valence-electron chi connectivity index (χ2n) is 9.79. The fourth-order valence-corrected chi connectivity index (χ4v) is 3.40. The predicted octanol–water partition coefficient (Wildman–Crippen LogP) is 2.86. The molecule has 33 heavy (non-hydrogen) atoms. The number of hydrogen-bond donors (Lipinski definition) is 3. The van der Waals surface area contributed by atoms with Crippen molar-refractivity contribution in [2.75, 3.05) is 5.73 Å². The molecule has 11 heteroatoms. The molecule has 0 spiro atoms. The van der Waals surface area contributed by atoms with Gasteiger partial charge in [0.2, 0.25) is 11.6 Å². The Morgan fingerprint density at radius 2 is 1.79 bits per heavy atom. The number of nitrogens with two attached hydrogens (primary N) is 1. The molecule has 0 unspecified atom stereocenters. The lowest BCUT2D eigenvalue weighted by atomic mass is 9.78. The molecule has 0 saturated heterocycles. The zero-order valence-electron chi connectivity index (χ0n) is 20.0. The summed E-state index contributed by atoms with van der Waals surface area (Å²) in [7, 11) is 0. The minimum atomic E-state index is -0.532. The number of phenolic OH excluding ortho intramolecular Hbond substituents is 1. The van der Waals surface area contributed by atoms with Crippen molar-refractivity contribution in [3.8, 4) is 11.6 Å². The summed E-state index contributed by atoms with van der Waals surface area (Å²) in [6.45, 7) is 14.0. The summed E-state index contributed by atoms with van der Waals surface area (Å²) in [6, 6.07) is 3.74. The molecule has 4 N–H and O–H groups in total. The van der Waals surface area contributed by atoms with Crippen molar-refractivity contribution in [3.63, 3.8) is 0 Å². The van der Waals surface area contributed by atoms with E-state index in [0.29, 0.717) is 12.1 Å². The number of nitrogens with one attached hydrogen (secondary N) is 1. The summed E-state index contributed by atoms with van der Waals surface area (Å²) in [4.78, 5) is 12.7. The lowest BCUT2D eigenvalue weighted by Gasteiger charge is -2.27. The van der Waals surface area contributed by atoms with Crippen LogP contribution in [0.3, 0.4) is 0 Å². The van der Waals surface area contributed by atoms with Gasteiger partial charge in [0, 0.05) is 11.1 Å². The van der Waals surface area contributed by atoms with E-state index in [4.69, 9.17) is 5.73 Å². The average molecular weight is 455 g/mol. The zero-order chi connectivity index (χ0) is 24.6. The molecule has 2 aromatic heterocycles. The zero-order valence-corrected chi connectivity index (χ0v) is 20.0. The highest BCUT2D eigenvalue weighted by Gasteiger charge is 2.26. The molecule has 0 fully saturated rings. The molecule has 176 valence electrons. The Labute approximate surface area is 192 Å². The summed E-state index contributed by atoms with van der Waals surface area (Å²) in [5, 5.41) is 30.1. The van der Waals surface area contributed by atoms with Crippen molar-refractivity contribution < 1.29 is 14.5 Å². The van der Waals surface area contributed by atoms with Gasteiger partial charge in [-0.1, -0.05) is 53.7 Å². The molecule has 0 aliphatic carbocycles. The van der Waals surface area contributed by atoms with Gasteiger partial charge in [-0.15, -0.1) is 5.10 Å². The van der Waals surface area contributed by atoms with Crippen molar-refractivity contribution in [1.82, 2.24) is 30.7 Å². The van der Waals surface area contributed by atoms with Crippen LogP contribution >= 0.6 is 0 Å². The number of carbonyl (C=O) groups is 1. The second kappa shape index (κ2) is 8.64. The highest BCUT2D eigenvalue weighted by molar-refractivity contribution is 5.94. The number of benzene rings is 1. The number of phenols is 1. The normalized spacial score (nSPS) is 12.5. The van der Waals surface area contributed by atoms with Gasteiger partial charge in [0.15, 0.2) is 5.69 Å². The molecule has 3 rings (SSSR count). The number of rotatable bonds is 5. The van der Waals surface area contributed by atoms with Gasteiger partial charge in [-0.2, -0.15) is 9.78 Å². The third kappa shape index (κ3) is 4.86. The smallest absolute Gasteiger partial charge is 0.293 e. The Morgan fingerprint density at radius 1 is 1.18 bits per heavy atom. The van der Waals surface area contributed by atoms with Gasteiger partial charge in [-0.05, 0) is 45.3 Å². The highest BCUT2D eigenvalue weighted by atomic mass is 16.6. The fraction of sp³-hybridized carbons (Fsp3) is 0.455. The number of anilines is 1. The van der Waals surface area contributed by atoms with Crippen LogP contribution in [0.2, 0.25) is 0 Å². The first-order chi connectivity index (χ1) is 15.3. The molecular weight excluding hydrogens is 424 g/mol. The van der Waals surface area contributed by atoms with Crippen LogP contribution in [-0.4, -0.2) is 42.5 Å². The number of amides is 1. The number of hydrogen-bond acceptors (Lipinski definition) is 9. The van der Waals surface area contributed by atoms with Crippen molar-refractivity contribution in [2.45, 2.75) is 65.7 Å². The Kier molecular flexibility index (Phi) is 6.26. The molecule has 0 bridgehead atoms. The summed E-state index contributed by atoms with van der Waals surface area (Å²) in [5.41, 5.74) is 10.6. The lowest BCUT2D eigenvalue weighted by Crippen LogP contribution is -2.21. The van der Waals surface area contributed by atoms with Crippen LogP contribution in [0.1, 0.15) is 81.3 Å². The third-order valence-corrected chi connectivity index (χ3v) is 5.14. The second-order valence-corrected chi connectivity index (χ2v) is 9.79. The van der Waals surface area contributed by atoms with Gasteiger partial charge in [0.1, 0.15) is 5.75 Å². The molecule has 11 nitrogen and oxygen atoms in total. The van der Waals surface area contributed by atoms with E-state index >= 15 is 0 Å². The van der Waals surface area contributed by atoms with E-state index in [0.717, 1.165) is 16.7 Å². The topological polar surface area (TPSA) is 157 Å². The van der Waals surface area contributed by atoms with E-state index in [-0.39, 0.29) is 33.9 Å². The standard InChI is InChI=1S/C22H30N8O3/c1-8-15-16(25-29-30(15)19-18(23)27-33-28-19)20(32)26-24-11-12-9-13(21(2,3)4)17(31)14(10-12)22(5,6)7/h9-11,31H,8H2,1-7H3,(H2,23,27)(H,26,32)/b24-11+. The number of aromatic nitrogens is 5. The van der Waals surface area contributed by atoms with Crippen LogP contribution < -0.4 is 11.2 Å². The van der Waals surface area contributed by atoms with E-state index in [2.05, 4.69) is 35.8 Å². The summed E-state index contributed by atoms with van der Waals surface area (Å²) < 4.78 is 5.92. The first-order valence-electron chi connectivity index (χ1n) is 10.6. The number of carbonyl (C=O) groups excluding carboxylic acids is 1. The molecule has 2 heterocycles. The Bertz CT molecular complexity index is 1160. The quantitative estimate of drug-likeness (QED) is 0.392. The fourth-order valence-electron chi connectivity index (χ4n) is 3.40. The van der Waals surface area contributed by atoms with Gasteiger partial charge in [-0.25, -0.2) is 10.1 Å². The Balaban J connectivity index is 1.88. The Morgan fingerprint density at radius 3 is 2.27 bits per heavy atom. The van der Waals surface area contributed by atoms with Gasteiger partial charge in [0.05, 0.1) is 11.9 Å². The molecule has 0 aliphatic heterocycles. The average Bonchev–Trinajstić information content (AvgIpc) is 3.32. The number of nitrogen functional groups attached to an aromatic ring is 1. The molecule has 3 aromatic rings. The summed E-state index contributed by atoms with van der Waals surface area (Å²) in [6.07, 6.45) is 1.98. The van der Waals surface area contributed by atoms with Crippen molar-refractivity contribution in [2.24, 2.45) is 5.10 Å². The van der Waals surface area contributed by atoms with Crippen molar-refractivity contribution >= 4 is 17.9 Å². The maximum atomic E-state index is 12.7. The SMILES string of the molecule is CCc1c(C(=O)N/N=C/c2cc(C(C)(C)C)c(O)c(C(C)(C)C)c2)nnn1-c1nonc1N. The van der Waals surface area contributed by atoms with Crippen LogP contribution in [0.4, 0.5) is 5.82 Å². The number of hydrazone groups is 1. The van der Waals surface area contributed by atoms with Crippen molar-refractivity contribution in [1.29, 1.82) is 0 Å². The summed E-state index contributed by atoms with van der Waals surface area (Å²) in [5.74, 6) is -0.0520. The minimum Gasteiger partial charge on any atom is -0.507 e. The van der Waals surface area contributed by atoms with Gasteiger partial charge in [-0.3, -0.25) is 4.79 Å². The van der Waals surface area contributed by atoms with E-state index in [1.807, 2.05) is 60.6 Å². The van der Waals surface area contributed by atoms with Crippen LogP contribution in [0.25, 0.3) is 5.82 Å². The molecular formula is C22H30N8O3. The molecule has 0 radical (unpaired) electrons. The van der Waals surface area contributed by atoms with Crippen molar-refractivity contribution in [3.05, 3.63) is 40.2 Å². The number of aromatic hydroxyl groups is 1. The third-order valence-electron chi connectivity index (χ3n) is 5.14. The van der Waals surface area contributed by atoms with Crippen LogP contribution in [-0.2, 0) is 17.3 Å². The van der Waals surface area contributed by atoms with E-state index < -0.39 is 5.91 Å². The molecule has 0 saturated carbocycles. The molecule has 1 aromatic carbocycles. The molecule has 1 amide bonds.